The van der Waals surface area contributed by atoms with E-state index >= 15 is 0 Å². The van der Waals surface area contributed by atoms with Gasteiger partial charge in [-0.05, 0) is 52.4 Å². The number of rotatable bonds is 3. The predicted octanol–water partition coefficient (Wildman–Crippen LogP) is 2.99. The number of sulfone groups is 1. The first kappa shape index (κ1) is 14.3. The van der Waals surface area contributed by atoms with Crippen LogP contribution in [-0.2, 0) is 15.6 Å². The van der Waals surface area contributed by atoms with E-state index < -0.39 is 9.84 Å². The number of anilines is 1. The highest BCUT2D eigenvalue weighted by molar-refractivity contribution is 14.1. The summed E-state index contributed by atoms with van der Waals surface area (Å²) in [6, 6.07) is 12.1. The number of halogens is 1. The van der Waals surface area contributed by atoms with Crippen molar-refractivity contribution in [2.75, 3.05) is 5.73 Å². The molecule has 2 aromatic carbocycles. The Balaban J connectivity index is 1.97. The lowest BCUT2D eigenvalue weighted by atomic mass is 10.2. The number of nitrogens with two attached hydrogens (primary N) is 1. The third-order valence-corrected chi connectivity index (χ3v) is 5.07. The molecule has 0 atom stereocenters. The Kier molecular flexibility index (Phi) is 3.62. The van der Waals surface area contributed by atoms with Crippen LogP contribution in [0.5, 0.6) is 0 Å². The third-order valence-electron chi connectivity index (χ3n) is 2.93. The van der Waals surface area contributed by atoms with Crippen LogP contribution in [0, 0.1) is 3.57 Å². The van der Waals surface area contributed by atoms with Gasteiger partial charge in [-0.3, -0.25) is 0 Å². The van der Waals surface area contributed by atoms with E-state index in [2.05, 4.69) is 27.6 Å². The summed E-state index contributed by atoms with van der Waals surface area (Å²) >= 11 is 2.17. The topological polar surface area (TPSA) is 86.2 Å². The van der Waals surface area contributed by atoms with E-state index in [4.69, 9.17) is 10.2 Å². The first-order valence-electron chi connectivity index (χ1n) is 6.07. The van der Waals surface area contributed by atoms with E-state index in [0.717, 1.165) is 3.57 Å². The minimum Gasteiger partial charge on any atom is -0.428 e. The number of oxazole rings is 1. The average Bonchev–Trinajstić information content (AvgIpc) is 2.85. The molecule has 0 aliphatic rings. The molecule has 0 unspecified atom stereocenters. The minimum absolute atomic E-state index is 0.147. The monoisotopic (exact) mass is 414 g/mol. The van der Waals surface area contributed by atoms with Gasteiger partial charge in [-0.25, -0.2) is 8.42 Å². The van der Waals surface area contributed by atoms with E-state index in [1.807, 2.05) is 12.1 Å². The molecule has 1 aromatic heterocycles. The first-order chi connectivity index (χ1) is 9.94. The zero-order valence-corrected chi connectivity index (χ0v) is 13.8. The molecule has 0 amide bonds. The molecule has 0 bridgehead atoms. The van der Waals surface area contributed by atoms with Crippen molar-refractivity contribution in [2.24, 2.45) is 0 Å². The third kappa shape index (κ3) is 3.03. The van der Waals surface area contributed by atoms with Crippen molar-refractivity contribution in [3.63, 3.8) is 0 Å². The maximum Gasteiger partial charge on any atom is 0.316 e. The molecule has 1 heterocycles. The second-order valence-electron chi connectivity index (χ2n) is 4.59. The van der Waals surface area contributed by atoms with Crippen molar-refractivity contribution >= 4 is 49.2 Å². The second-order valence-corrected chi connectivity index (χ2v) is 7.71. The standard InChI is InChI=1S/C14H11IN2O3S/c15-10-3-1-9(2-4-10)8-21(18,19)14-17-12-6-5-11(16)7-13(12)20-14/h1-7H,8,16H2. The summed E-state index contributed by atoms with van der Waals surface area (Å²) in [5, 5.41) is -0.276. The Labute approximate surface area is 135 Å². The van der Waals surface area contributed by atoms with Crippen molar-refractivity contribution in [1.82, 2.24) is 4.98 Å². The van der Waals surface area contributed by atoms with Crippen LogP contribution < -0.4 is 5.73 Å². The Morgan fingerprint density at radius 2 is 1.86 bits per heavy atom. The molecule has 0 spiro atoms. The fourth-order valence-electron chi connectivity index (χ4n) is 1.91. The highest BCUT2D eigenvalue weighted by Crippen LogP contribution is 2.23. The van der Waals surface area contributed by atoms with Gasteiger partial charge in [0.25, 0.3) is 0 Å². The molecular formula is C14H11IN2O3S. The van der Waals surface area contributed by atoms with Crippen LogP contribution >= 0.6 is 22.6 Å². The maximum atomic E-state index is 12.4. The molecule has 0 saturated heterocycles. The Hall–Kier alpha value is -1.61. The summed E-state index contributed by atoms with van der Waals surface area (Å²) in [7, 11) is -3.62. The van der Waals surface area contributed by atoms with Gasteiger partial charge in [0.1, 0.15) is 5.52 Å². The summed E-state index contributed by atoms with van der Waals surface area (Å²) in [5.74, 6) is -0.147. The molecule has 0 radical (unpaired) electrons. The van der Waals surface area contributed by atoms with Crippen molar-refractivity contribution < 1.29 is 12.8 Å². The highest BCUT2D eigenvalue weighted by Gasteiger charge is 2.22. The van der Waals surface area contributed by atoms with Gasteiger partial charge in [0.05, 0.1) is 5.75 Å². The number of nitrogen functional groups attached to an aromatic ring is 1. The van der Waals surface area contributed by atoms with Gasteiger partial charge in [-0.2, -0.15) is 4.98 Å². The molecule has 3 rings (SSSR count). The molecular weight excluding hydrogens is 403 g/mol. The first-order valence-corrected chi connectivity index (χ1v) is 8.80. The molecule has 0 aliphatic carbocycles. The number of aromatic nitrogens is 1. The lowest BCUT2D eigenvalue weighted by Crippen LogP contribution is -2.05. The van der Waals surface area contributed by atoms with Gasteiger partial charge in [-0.1, -0.05) is 12.1 Å². The zero-order valence-electron chi connectivity index (χ0n) is 10.8. The van der Waals surface area contributed by atoms with Crippen molar-refractivity contribution in [2.45, 2.75) is 11.0 Å². The number of benzene rings is 2. The van der Waals surface area contributed by atoms with Gasteiger partial charge in [0.15, 0.2) is 5.58 Å². The van der Waals surface area contributed by atoms with E-state index in [1.165, 1.54) is 0 Å². The second kappa shape index (κ2) is 5.30. The van der Waals surface area contributed by atoms with Crippen molar-refractivity contribution in [3.8, 4) is 0 Å². The highest BCUT2D eigenvalue weighted by atomic mass is 127. The number of fused-ring (bicyclic) bond motifs is 1. The fraction of sp³-hybridized carbons (Fsp3) is 0.0714. The summed E-state index contributed by atoms with van der Waals surface area (Å²) in [6.45, 7) is 0. The lowest BCUT2D eigenvalue weighted by molar-refractivity contribution is 0.458. The summed E-state index contributed by atoms with van der Waals surface area (Å²) in [5.41, 5.74) is 7.68. The van der Waals surface area contributed by atoms with Gasteiger partial charge in [-0.15, -0.1) is 0 Å². The smallest absolute Gasteiger partial charge is 0.316 e. The molecule has 0 fully saturated rings. The number of nitrogens with zero attached hydrogens (tertiary/aromatic N) is 1. The van der Waals surface area contributed by atoms with Crippen molar-refractivity contribution in [1.29, 1.82) is 0 Å². The van der Waals surface area contributed by atoms with Crippen LogP contribution in [0.15, 0.2) is 52.1 Å². The SMILES string of the molecule is Nc1ccc2nc(S(=O)(=O)Cc3ccc(I)cc3)oc2c1. The van der Waals surface area contributed by atoms with Gasteiger partial charge >= 0.3 is 5.22 Å². The molecule has 5 nitrogen and oxygen atoms in total. The van der Waals surface area contributed by atoms with Crippen LogP contribution in [0.1, 0.15) is 5.56 Å². The summed E-state index contributed by atoms with van der Waals surface area (Å²) < 4.78 is 31.1. The molecule has 0 aliphatic heterocycles. The van der Waals surface area contributed by atoms with Crippen LogP contribution in [0.2, 0.25) is 0 Å². The van der Waals surface area contributed by atoms with Crippen molar-refractivity contribution in [3.05, 3.63) is 51.6 Å². The van der Waals surface area contributed by atoms with E-state index in [0.29, 0.717) is 22.4 Å². The Morgan fingerprint density at radius 3 is 2.57 bits per heavy atom. The Bertz CT molecular complexity index is 902. The Morgan fingerprint density at radius 1 is 1.14 bits per heavy atom. The molecule has 0 saturated carbocycles. The minimum atomic E-state index is -3.62. The summed E-state index contributed by atoms with van der Waals surface area (Å²) in [4.78, 5) is 4.03. The van der Waals surface area contributed by atoms with Crippen LogP contribution in [0.3, 0.4) is 0 Å². The molecule has 7 heteroatoms. The number of hydrogen-bond acceptors (Lipinski definition) is 5. The van der Waals surface area contributed by atoms with Crippen LogP contribution in [0.25, 0.3) is 11.1 Å². The molecule has 3 aromatic rings. The normalized spacial score (nSPS) is 11.9. The molecule has 2 N–H and O–H groups in total. The zero-order chi connectivity index (χ0) is 15.0. The van der Waals surface area contributed by atoms with Crippen LogP contribution in [0.4, 0.5) is 5.69 Å². The van der Waals surface area contributed by atoms with Gasteiger partial charge in [0.2, 0.25) is 9.84 Å². The molecule has 108 valence electrons. The largest absolute Gasteiger partial charge is 0.428 e. The average molecular weight is 414 g/mol. The van der Waals surface area contributed by atoms with Gasteiger partial charge < -0.3 is 10.2 Å². The van der Waals surface area contributed by atoms with Gasteiger partial charge in [0, 0.05) is 15.3 Å². The van der Waals surface area contributed by atoms with E-state index in [-0.39, 0.29) is 11.0 Å². The fourth-order valence-corrected chi connectivity index (χ4v) is 3.48. The lowest BCUT2D eigenvalue weighted by Gasteiger charge is -2.00. The maximum absolute atomic E-state index is 12.4. The quantitative estimate of drug-likeness (QED) is 0.526. The summed E-state index contributed by atoms with van der Waals surface area (Å²) in [6.07, 6.45) is 0. The molecule has 21 heavy (non-hydrogen) atoms. The van der Waals surface area contributed by atoms with Crippen LogP contribution in [-0.4, -0.2) is 13.4 Å². The number of hydrogen-bond donors (Lipinski definition) is 1. The van der Waals surface area contributed by atoms with E-state index in [1.54, 1.807) is 30.3 Å². The predicted molar refractivity (Wildman–Crippen MR) is 88.5 cm³/mol. The van der Waals surface area contributed by atoms with E-state index in [9.17, 15) is 8.42 Å².